The van der Waals surface area contributed by atoms with Crippen LogP contribution in [0, 0.1) is 0 Å². The average Bonchev–Trinajstić information content (AvgIpc) is 2.78. The molecule has 0 bridgehead atoms. The number of nitrogens with zero attached hydrogens (tertiary/aromatic N) is 2. The van der Waals surface area contributed by atoms with Crippen molar-refractivity contribution in [1.29, 1.82) is 0 Å². The van der Waals surface area contributed by atoms with Gasteiger partial charge in [-0.2, -0.15) is 5.10 Å². The molecule has 3 nitrogen and oxygen atoms in total. The van der Waals surface area contributed by atoms with Crippen LogP contribution in [0.5, 0.6) is 0 Å². The highest BCUT2D eigenvalue weighted by Gasteiger charge is 2.05. The second-order valence-corrected chi connectivity index (χ2v) is 3.88. The van der Waals surface area contributed by atoms with Gasteiger partial charge in [-0.25, -0.2) is 0 Å². The maximum Gasteiger partial charge on any atom is 0.0733 e. The Kier molecular flexibility index (Phi) is 3.37. The van der Waals surface area contributed by atoms with E-state index in [-0.39, 0.29) is 6.10 Å². The molecule has 0 aliphatic rings. The number of aromatic nitrogens is 2. The zero-order valence-electron chi connectivity index (χ0n) is 9.37. The molecular weight excluding hydrogens is 200 g/mol. The van der Waals surface area contributed by atoms with Crippen LogP contribution < -0.4 is 0 Å². The van der Waals surface area contributed by atoms with Gasteiger partial charge < -0.3 is 5.11 Å². The fourth-order valence-corrected chi connectivity index (χ4v) is 1.59. The largest absolute Gasteiger partial charge is 0.391 e. The maximum atomic E-state index is 9.53. The van der Waals surface area contributed by atoms with Crippen LogP contribution in [-0.2, 0) is 6.54 Å². The zero-order chi connectivity index (χ0) is 11.4. The minimum atomic E-state index is -0.316. The van der Waals surface area contributed by atoms with Crippen molar-refractivity contribution < 1.29 is 5.11 Å². The fourth-order valence-electron chi connectivity index (χ4n) is 1.59. The highest BCUT2D eigenvalue weighted by Crippen LogP contribution is 2.17. The molecule has 2 rings (SSSR count). The van der Waals surface area contributed by atoms with Gasteiger partial charge >= 0.3 is 0 Å². The first-order valence-electron chi connectivity index (χ1n) is 5.55. The van der Waals surface area contributed by atoms with Gasteiger partial charge in [0.2, 0.25) is 0 Å². The number of hydrogen-bond acceptors (Lipinski definition) is 2. The summed E-state index contributed by atoms with van der Waals surface area (Å²) in [6, 6.07) is 10.1. The van der Waals surface area contributed by atoms with Gasteiger partial charge in [-0.1, -0.05) is 37.3 Å². The molecule has 1 N–H and O–H groups in total. The molecule has 0 aliphatic heterocycles. The van der Waals surface area contributed by atoms with Gasteiger partial charge in [-0.15, -0.1) is 0 Å². The Bertz CT molecular complexity index is 436. The van der Waals surface area contributed by atoms with Crippen LogP contribution in [0.25, 0.3) is 11.1 Å². The lowest BCUT2D eigenvalue weighted by Crippen LogP contribution is -2.14. The lowest BCUT2D eigenvalue weighted by Gasteiger charge is -2.06. The van der Waals surface area contributed by atoms with Crippen molar-refractivity contribution in [2.75, 3.05) is 0 Å². The summed E-state index contributed by atoms with van der Waals surface area (Å²) >= 11 is 0. The maximum absolute atomic E-state index is 9.53. The van der Waals surface area contributed by atoms with Gasteiger partial charge in [0, 0.05) is 11.8 Å². The van der Waals surface area contributed by atoms with E-state index in [1.54, 1.807) is 4.68 Å². The molecule has 0 spiro atoms. The highest BCUT2D eigenvalue weighted by atomic mass is 16.3. The Labute approximate surface area is 95.3 Å². The first kappa shape index (κ1) is 10.9. The lowest BCUT2D eigenvalue weighted by atomic mass is 10.1. The summed E-state index contributed by atoms with van der Waals surface area (Å²) in [6.45, 7) is 2.52. The molecule has 0 radical (unpaired) electrons. The fraction of sp³-hybridized carbons (Fsp3) is 0.308. The first-order valence-corrected chi connectivity index (χ1v) is 5.55. The van der Waals surface area contributed by atoms with Crippen molar-refractivity contribution in [3.63, 3.8) is 0 Å². The molecule has 1 unspecified atom stereocenters. The molecule has 0 aliphatic carbocycles. The van der Waals surface area contributed by atoms with Crippen molar-refractivity contribution in [3.05, 3.63) is 42.7 Å². The van der Waals surface area contributed by atoms with Crippen LogP contribution in [-0.4, -0.2) is 21.0 Å². The van der Waals surface area contributed by atoms with Gasteiger partial charge in [0.25, 0.3) is 0 Å². The van der Waals surface area contributed by atoms with E-state index in [9.17, 15) is 5.11 Å². The summed E-state index contributed by atoms with van der Waals surface area (Å²) in [5.74, 6) is 0. The zero-order valence-corrected chi connectivity index (χ0v) is 9.37. The third-order valence-corrected chi connectivity index (χ3v) is 2.61. The average molecular weight is 216 g/mol. The Morgan fingerprint density at radius 3 is 2.69 bits per heavy atom. The van der Waals surface area contributed by atoms with Crippen molar-refractivity contribution in [2.24, 2.45) is 0 Å². The topological polar surface area (TPSA) is 38.0 Å². The minimum Gasteiger partial charge on any atom is -0.391 e. The normalized spacial score (nSPS) is 12.6. The summed E-state index contributed by atoms with van der Waals surface area (Å²) < 4.78 is 1.79. The van der Waals surface area contributed by atoms with Crippen LogP contribution in [0.15, 0.2) is 42.7 Å². The molecule has 2 aromatic rings. The van der Waals surface area contributed by atoms with Gasteiger partial charge in [0.15, 0.2) is 0 Å². The Hall–Kier alpha value is -1.61. The van der Waals surface area contributed by atoms with Gasteiger partial charge in [-0.05, 0) is 12.0 Å². The summed E-state index contributed by atoms with van der Waals surface area (Å²) in [7, 11) is 0. The molecule has 3 heteroatoms. The predicted octanol–water partition coefficient (Wildman–Crippen LogP) is 2.32. The van der Waals surface area contributed by atoms with Crippen LogP contribution in [0.3, 0.4) is 0 Å². The van der Waals surface area contributed by atoms with E-state index in [0.29, 0.717) is 6.54 Å². The summed E-state index contributed by atoms with van der Waals surface area (Å²) in [5.41, 5.74) is 2.24. The van der Waals surface area contributed by atoms with E-state index in [2.05, 4.69) is 17.2 Å². The molecule has 1 aromatic carbocycles. The van der Waals surface area contributed by atoms with Gasteiger partial charge in [-0.3, -0.25) is 4.68 Å². The van der Waals surface area contributed by atoms with E-state index in [1.165, 1.54) is 0 Å². The molecule has 84 valence electrons. The predicted molar refractivity (Wildman–Crippen MR) is 64.0 cm³/mol. The minimum absolute atomic E-state index is 0.316. The van der Waals surface area contributed by atoms with Gasteiger partial charge in [0.1, 0.15) is 0 Å². The standard InChI is InChI=1S/C13H16N2O/c1-2-13(16)10-15-9-12(8-14-15)11-6-4-3-5-7-11/h3-9,13,16H,2,10H2,1H3. The van der Waals surface area contributed by atoms with Crippen molar-refractivity contribution in [2.45, 2.75) is 26.0 Å². The van der Waals surface area contributed by atoms with Crippen molar-refractivity contribution in [3.8, 4) is 11.1 Å². The SMILES string of the molecule is CCC(O)Cn1cc(-c2ccccc2)cn1. The second kappa shape index (κ2) is 4.94. The summed E-state index contributed by atoms with van der Waals surface area (Å²) in [4.78, 5) is 0. The van der Waals surface area contributed by atoms with E-state index in [1.807, 2.05) is 37.5 Å². The molecule has 1 atom stereocenters. The highest BCUT2D eigenvalue weighted by molar-refractivity contribution is 5.61. The molecule has 16 heavy (non-hydrogen) atoms. The summed E-state index contributed by atoms with van der Waals surface area (Å²) in [5, 5.41) is 13.8. The monoisotopic (exact) mass is 216 g/mol. The third kappa shape index (κ3) is 2.49. The van der Waals surface area contributed by atoms with E-state index in [4.69, 9.17) is 0 Å². The van der Waals surface area contributed by atoms with Crippen molar-refractivity contribution >= 4 is 0 Å². The van der Waals surface area contributed by atoms with E-state index >= 15 is 0 Å². The van der Waals surface area contributed by atoms with Gasteiger partial charge in [0.05, 0.1) is 18.8 Å². The smallest absolute Gasteiger partial charge is 0.0733 e. The molecule has 0 saturated carbocycles. The van der Waals surface area contributed by atoms with E-state index in [0.717, 1.165) is 17.5 Å². The molecule has 0 amide bonds. The molecule has 1 heterocycles. The Morgan fingerprint density at radius 2 is 2.00 bits per heavy atom. The van der Waals surface area contributed by atoms with Crippen LogP contribution in [0.2, 0.25) is 0 Å². The lowest BCUT2D eigenvalue weighted by molar-refractivity contribution is 0.145. The number of rotatable bonds is 4. The van der Waals surface area contributed by atoms with Crippen molar-refractivity contribution in [1.82, 2.24) is 9.78 Å². The van der Waals surface area contributed by atoms with E-state index < -0.39 is 0 Å². The summed E-state index contributed by atoms with van der Waals surface area (Å²) in [6.07, 6.45) is 4.23. The quantitative estimate of drug-likeness (QED) is 0.851. The third-order valence-electron chi connectivity index (χ3n) is 2.61. The number of aliphatic hydroxyl groups excluding tert-OH is 1. The van der Waals surface area contributed by atoms with Crippen LogP contribution >= 0.6 is 0 Å². The first-order chi connectivity index (χ1) is 7.79. The molecular formula is C13H16N2O. The molecule has 0 fully saturated rings. The molecule has 1 aromatic heterocycles. The Balaban J connectivity index is 2.14. The number of hydrogen-bond donors (Lipinski definition) is 1. The number of benzene rings is 1. The van der Waals surface area contributed by atoms with Crippen LogP contribution in [0.1, 0.15) is 13.3 Å². The number of aliphatic hydroxyl groups is 1. The van der Waals surface area contributed by atoms with Crippen LogP contribution in [0.4, 0.5) is 0 Å². The molecule has 0 saturated heterocycles. The second-order valence-electron chi connectivity index (χ2n) is 3.88. The Morgan fingerprint density at radius 1 is 1.25 bits per heavy atom.